The number of aliphatic hydroxyl groups excluding tert-OH is 2. The summed E-state index contributed by atoms with van der Waals surface area (Å²) in [6.07, 6.45) is 1.02. The van der Waals surface area contributed by atoms with Gasteiger partial charge in [-0.3, -0.25) is 0 Å². The summed E-state index contributed by atoms with van der Waals surface area (Å²) in [6.45, 7) is 6.33. The predicted molar refractivity (Wildman–Crippen MR) is 64.6 cm³/mol. The Kier molecular flexibility index (Phi) is 4.55. The Morgan fingerprint density at radius 3 is 2.53 bits per heavy atom. The van der Waals surface area contributed by atoms with Gasteiger partial charge in [0.1, 0.15) is 0 Å². The fourth-order valence-corrected chi connectivity index (χ4v) is 3.34. The Hall–Kier alpha value is -0.610. The SMILES string of the molecule is C[C@@H]1C[C@@H](O)CC(C)(C)[C@H]1CC[C@@H](O)C(=O)O. The molecule has 4 nitrogen and oxygen atoms in total. The predicted octanol–water partition coefficient (Wildman–Crippen LogP) is 1.65. The number of hydrogen-bond acceptors (Lipinski definition) is 3. The van der Waals surface area contributed by atoms with E-state index in [1.54, 1.807) is 0 Å². The van der Waals surface area contributed by atoms with Crippen molar-refractivity contribution in [2.75, 3.05) is 0 Å². The highest BCUT2D eigenvalue weighted by Gasteiger charge is 2.40. The minimum Gasteiger partial charge on any atom is -0.479 e. The van der Waals surface area contributed by atoms with Gasteiger partial charge < -0.3 is 15.3 Å². The van der Waals surface area contributed by atoms with Gasteiger partial charge in [-0.25, -0.2) is 4.79 Å². The monoisotopic (exact) mass is 244 g/mol. The molecule has 0 aromatic rings. The van der Waals surface area contributed by atoms with Gasteiger partial charge in [-0.15, -0.1) is 0 Å². The van der Waals surface area contributed by atoms with Crippen LogP contribution in [0.4, 0.5) is 0 Å². The third kappa shape index (κ3) is 3.68. The van der Waals surface area contributed by atoms with Gasteiger partial charge in [-0.2, -0.15) is 0 Å². The zero-order chi connectivity index (χ0) is 13.2. The smallest absolute Gasteiger partial charge is 0.332 e. The van der Waals surface area contributed by atoms with Crippen LogP contribution in [0.25, 0.3) is 0 Å². The molecule has 0 aromatic heterocycles. The maximum absolute atomic E-state index is 10.6. The van der Waals surface area contributed by atoms with E-state index in [-0.39, 0.29) is 11.5 Å². The summed E-state index contributed by atoms with van der Waals surface area (Å²) in [6, 6.07) is 0. The first-order valence-electron chi connectivity index (χ1n) is 6.33. The van der Waals surface area contributed by atoms with Crippen molar-refractivity contribution in [2.45, 2.75) is 58.7 Å². The van der Waals surface area contributed by atoms with Gasteiger partial charge in [0.05, 0.1) is 6.10 Å². The summed E-state index contributed by atoms with van der Waals surface area (Å²) < 4.78 is 0. The summed E-state index contributed by atoms with van der Waals surface area (Å²) in [5.41, 5.74) is 0.00923. The van der Waals surface area contributed by atoms with Crippen LogP contribution in [0.5, 0.6) is 0 Å². The standard InChI is InChI=1S/C13H24O4/c1-8-6-9(14)7-13(2,3)10(8)4-5-11(15)12(16)17/h8-11,14-15H,4-7H2,1-3H3,(H,16,17)/t8-,9-,10+,11-/m1/s1. The summed E-state index contributed by atoms with van der Waals surface area (Å²) in [5, 5.41) is 27.7. The van der Waals surface area contributed by atoms with E-state index in [1.165, 1.54) is 0 Å². The Morgan fingerprint density at radius 1 is 1.47 bits per heavy atom. The van der Waals surface area contributed by atoms with E-state index < -0.39 is 12.1 Å². The van der Waals surface area contributed by atoms with Crippen LogP contribution in [-0.4, -0.2) is 33.5 Å². The summed E-state index contributed by atoms with van der Waals surface area (Å²) >= 11 is 0. The van der Waals surface area contributed by atoms with Crippen LogP contribution in [-0.2, 0) is 4.79 Å². The minimum absolute atomic E-state index is 0.00923. The van der Waals surface area contributed by atoms with E-state index in [4.69, 9.17) is 5.11 Å². The molecule has 0 amide bonds. The molecule has 0 saturated heterocycles. The molecule has 0 heterocycles. The van der Waals surface area contributed by atoms with Crippen molar-refractivity contribution < 1.29 is 20.1 Å². The van der Waals surface area contributed by atoms with Gasteiger partial charge in [0.15, 0.2) is 6.10 Å². The Morgan fingerprint density at radius 2 is 2.06 bits per heavy atom. The van der Waals surface area contributed by atoms with Crippen LogP contribution in [0.2, 0.25) is 0 Å². The van der Waals surface area contributed by atoms with Crippen LogP contribution in [0, 0.1) is 17.3 Å². The third-order valence-corrected chi connectivity index (χ3v) is 4.13. The normalized spacial score (nSPS) is 34.3. The lowest BCUT2D eigenvalue weighted by Gasteiger charge is -2.45. The molecular formula is C13H24O4. The van der Waals surface area contributed by atoms with Gasteiger partial charge in [-0.05, 0) is 42.9 Å². The lowest BCUT2D eigenvalue weighted by molar-refractivity contribution is -0.147. The highest BCUT2D eigenvalue weighted by atomic mass is 16.4. The first-order chi connectivity index (χ1) is 7.74. The highest BCUT2D eigenvalue weighted by molar-refractivity contribution is 5.71. The van der Waals surface area contributed by atoms with Crippen molar-refractivity contribution in [3.05, 3.63) is 0 Å². The second kappa shape index (κ2) is 5.36. The second-order valence-electron chi connectivity index (χ2n) is 6.10. The molecule has 0 aromatic carbocycles. The van der Waals surface area contributed by atoms with Crippen molar-refractivity contribution in [1.82, 2.24) is 0 Å². The number of carboxylic acids is 1. The molecule has 4 heteroatoms. The third-order valence-electron chi connectivity index (χ3n) is 4.13. The summed E-state index contributed by atoms with van der Waals surface area (Å²) in [5.74, 6) is -0.416. The second-order valence-corrected chi connectivity index (χ2v) is 6.10. The van der Waals surface area contributed by atoms with Crippen LogP contribution >= 0.6 is 0 Å². The molecule has 1 saturated carbocycles. The molecule has 1 fully saturated rings. The van der Waals surface area contributed by atoms with Crippen LogP contribution in [0.3, 0.4) is 0 Å². The van der Waals surface area contributed by atoms with Crippen molar-refractivity contribution in [3.63, 3.8) is 0 Å². The van der Waals surface area contributed by atoms with Gasteiger partial charge in [0.25, 0.3) is 0 Å². The Bertz CT molecular complexity index is 275. The molecule has 1 aliphatic rings. The van der Waals surface area contributed by atoms with E-state index >= 15 is 0 Å². The lowest BCUT2D eigenvalue weighted by atomic mass is 9.61. The molecule has 0 bridgehead atoms. The molecule has 100 valence electrons. The fraction of sp³-hybridized carbons (Fsp3) is 0.923. The van der Waals surface area contributed by atoms with E-state index in [0.29, 0.717) is 24.7 Å². The maximum Gasteiger partial charge on any atom is 0.332 e. The van der Waals surface area contributed by atoms with E-state index in [0.717, 1.165) is 12.8 Å². The zero-order valence-corrected chi connectivity index (χ0v) is 10.9. The fourth-order valence-electron chi connectivity index (χ4n) is 3.34. The molecule has 0 spiro atoms. The van der Waals surface area contributed by atoms with Gasteiger partial charge in [-0.1, -0.05) is 20.8 Å². The number of carbonyl (C=O) groups is 1. The van der Waals surface area contributed by atoms with Crippen molar-refractivity contribution in [2.24, 2.45) is 17.3 Å². The maximum atomic E-state index is 10.6. The average molecular weight is 244 g/mol. The number of aliphatic hydroxyl groups is 2. The van der Waals surface area contributed by atoms with Crippen LogP contribution < -0.4 is 0 Å². The zero-order valence-electron chi connectivity index (χ0n) is 10.9. The van der Waals surface area contributed by atoms with E-state index in [9.17, 15) is 15.0 Å². The highest BCUT2D eigenvalue weighted by Crippen LogP contribution is 2.46. The number of carboxylic acid groups (broad SMARTS) is 1. The number of rotatable bonds is 4. The number of hydrogen-bond donors (Lipinski definition) is 3. The first-order valence-corrected chi connectivity index (χ1v) is 6.33. The van der Waals surface area contributed by atoms with Gasteiger partial charge in [0.2, 0.25) is 0 Å². The average Bonchev–Trinajstić information content (AvgIpc) is 2.13. The molecule has 17 heavy (non-hydrogen) atoms. The molecule has 0 aliphatic heterocycles. The van der Waals surface area contributed by atoms with Gasteiger partial charge in [0, 0.05) is 0 Å². The molecule has 1 aliphatic carbocycles. The minimum atomic E-state index is -1.26. The van der Waals surface area contributed by atoms with Crippen LogP contribution in [0.15, 0.2) is 0 Å². The number of aliphatic carboxylic acids is 1. The topological polar surface area (TPSA) is 77.8 Å². The molecular weight excluding hydrogens is 220 g/mol. The van der Waals surface area contributed by atoms with Gasteiger partial charge >= 0.3 is 5.97 Å². The quantitative estimate of drug-likeness (QED) is 0.702. The summed E-state index contributed by atoms with van der Waals surface area (Å²) in [4.78, 5) is 10.6. The molecule has 4 atom stereocenters. The van der Waals surface area contributed by atoms with E-state index in [2.05, 4.69) is 20.8 Å². The van der Waals surface area contributed by atoms with E-state index in [1.807, 2.05) is 0 Å². The largest absolute Gasteiger partial charge is 0.479 e. The molecule has 3 N–H and O–H groups in total. The van der Waals surface area contributed by atoms with Crippen molar-refractivity contribution >= 4 is 5.97 Å². The first kappa shape index (κ1) is 14.5. The van der Waals surface area contributed by atoms with Crippen molar-refractivity contribution in [1.29, 1.82) is 0 Å². The van der Waals surface area contributed by atoms with Crippen molar-refractivity contribution in [3.8, 4) is 0 Å². The lowest BCUT2D eigenvalue weighted by Crippen LogP contribution is -2.40. The summed E-state index contributed by atoms with van der Waals surface area (Å²) in [7, 11) is 0. The van der Waals surface area contributed by atoms with Crippen LogP contribution in [0.1, 0.15) is 46.5 Å². The molecule has 1 rings (SSSR count). The Labute approximate surface area is 103 Å². The molecule has 0 unspecified atom stereocenters. The molecule has 0 radical (unpaired) electrons. The Balaban J connectivity index is 2.59.